The quantitative estimate of drug-likeness (QED) is 0.624. The Bertz CT molecular complexity index is 951. The molecule has 27 heavy (non-hydrogen) atoms. The molecule has 9 heteroatoms. The van der Waals surface area contributed by atoms with Gasteiger partial charge in [-0.1, -0.05) is 6.07 Å². The maximum Gasteiger partial charge on any atom is 0.269 e. The average molecular weight is 389 g/mol. The van der Waals surface area contributed by atoms with E-state index in [0.29, 0.717) is 18.7 Å². The predicted octanol–water partition coefficient (Wildman–Crippen LogP) is 3.02. The highest BCUT2D eigenvalue weighted by atomic mass is 32.2. The summed E-state index contributed by atoms with van der Waals surface area (Å²) in [5.74, 6) is -0.119. The molecular formula is C18H19N3O5S. The maximum absolute atomic E-state index is 12.6. The minimum atomic E-state index is -3.92. The second-order valence-corrected chi connectivity index (χ2v) is 7.97. The van der Waals surface area contributed by atoms with E-state index in [0.717, 1.165) is 31.4 Å². The fraction of sp³-hybridized carbons (Fsp3) is 0.278. The highest BCUT2D eigenvalue weighted by Gasteiger charge is 2.20. The van der Waals surface area contributed by atoms with E-state index in [-0.39, 0.29) is 22.2 Å². The van der Waals surface area contributed by atoms with Crippen LogP contribution in [0.5, 0.6) is 0 Å². The lowest BCUT2D eigenvalue weighted by molar-refractivity contribution is -0.384. The number of piperidine rings is 1. The average Bonchev–Trinajstić information content (AvgIpc) is 2.68. The zero-order valence-electron chi connectivity index (χ0n) is 14.5. The van der Waals surface area contributed by atoms with Gasteiger partial charge in [0, 0.05) is 36.5 Å². The molecule has 1 fully saturated rings. The number of nitrogens with zero attached hydrogens (tertiary/aromatic N) is 2. The summed E-state index contributed by atoms with van der Waals surface area (Å²) < 4.78 is 27.4. The van der Waals surface area contributed by atoms with E-state index in [1.807, 2.05) is 0 Å². The van der Waals surface area contributed by atoms with Crippen molar-refractivity contribution in [3.05, 3.63) is 64.2 Å². The van der Waals surface area contributed by atoms with Gasteiger partial charge in [-0.05, 0) is 49.6 Å². The Balaban J connectivity index is 1.78. The van der Waals surface area contributed by atoms with Crippen molar-refractivity contribution in [2.45, 2.75) is 24.2 Å². The van der Waals surface area contributed by atoms with Crippen molar-refractivity contribution >= 4 is 27.3 Å². The molecule has 3 rings (SSSR count). The first-order valence-electron chi connectivity index (χ1n) is 8.53. The fourth-order valence-corrected chi connectivity index (χ4v) is 4.01. The van der Waals surface area contributed by atoms with Crippen LogP contribution in [0.25, 0.3) is 0 Å². The molecule has 2 aromatic rings. The summed E-state index contributed by atoms with van der Waals surface area (Å²) in [7, 11) is -3.92. The number of nitro benzene ring substituents is 1. The van der Waals surface area contributed by atoms with Gasteiger partial charge in [0.15, 0.2) is 0 Å². The summed E-state index contributed by atoms with van der Waals surface area (Å²) in [6.07, 6.45) is 3.05. The maximum atomic E-state index is 12.6. The van der Waals surface area contributed by atoms with Gasteiger partial charge in [0.25, 0.3) is 21.6 Å². The van der Waals surface area contributed by atoms with Crippen molar-refractivity contribution in [3.8, 4) is 0 Å². The van der Waals surface area contributed by atoms with E-state index in [2.05, 4.69) is 4.72 Å². The van der Waals surface area contributed by atoms with E-state index >= 15 is 0 Å². The van der Waals surface area contributed by atoms with Crippen LogP contribution in [0.1, 0.15) is 29.6 Å². The van der Waals surface area contributed by atoms with Crippen molar-refractivity contribution in [2.24, 2.45) is 0 Å². The van der Waals surface area contributed by atoms with Gasteiger partial charge in [-0.25, -0.2) is 8.42 Å². The lowest BCUT2D eigenvalue weighted by Crippen LogP contribution is -2.35. The van der Waals surface area contributed by atoms with Gasteiger partial charge >= 0.3 is 0 Å². The van der Waals surface area contributed by atoms with Crippen LogP contribution in [0.3, 0.4) is 0 Å². The summed E-state index contributed by atoms with van der Waals surface area (Å²) in [6, 6.07) is 10.9. The molecule has 0 aromatic heterocycles. The normalized spacial score (nSPS) is 14.6. The number of nitrogens with one attached hydrogen (secondary N) is 1. The molecule has 0 radical (unpaired) electrons. The number of nitro groups is 1. The number of benzene rings is 2. The number of non-ortho nitro benzene ring substituents is 1. The molecule has 1 saturated heterocycles. The van der Waals surface area contributed by atoms with Gasteiger partial charge in [0.1, 0.15) is 0 Å². The highest BCUT2D eigenvalue weighted by Crippen LogP contribution is 2.21. The number of hydrogen-bond donors (Lipinski definition) is 1. The highest BCUT2D eigenvalue weighted by molar-refractivity contribution is 7.92. The first-order chi connectivity index (χ1) is 12.9. The van der Waals surface area contributed by atoms with Crippen LogP contribution in [-0.2, 0) is 10.0 Å². The number of carbonyl (C=O) groups is 1. The molecule has 1 aliphatic rings. The molecule has 1 N–H and O–H groups in total. The first kappa shape index (κ1) is 18.8. The Hall–Kier alpha value is -2.94. The molecule has 0 spiro atoms. The Morgan fingerprint density at radius 2 is 1.70 bits per heavy atom. The molecule has 1 aliphatic heterocycles. The minimum Gasteiger partial charge on any atom is -0.339 e. The van der Waals surface area contributed by atoms with Gasteiger partial charge in [-0.3, -0.25) is 19.6 Å². The largest absolute Gasteiger partial charge is 0.339 e. The van der Waals surface area contributed by atoms with Crippen LogP contribution in [0, 0.1) is 10.1 Å². The second kappa shape index (κ2) is 7.75. The summed E-state index contributed by atoms with van der Waals surface area (Å²) in [5, 5.41) is 10.7. The first-order valence-corrected chi connectivity index (χ1v) is 10.0. The standard InChI is InChI=1S/C18H19N3O5S/c22-18(20-11-2-1-3-12-20)14-5-4-6-15(13-14)19-27(25,26)17-9-7-16(8-10-17)21(23)24/h4-10,13,19H,1-3,11-12H2. The molecular weight excluding hydrogens is 370 g/mol. The minimum absolute atomic E-state index is 0.0964. The van der Waals surface area contributed by atoms with E-state index in [1.165, 1.54) is 18.2 Å². The molecule has 0 bridgehead atoms. The number of likely N-dealkylation sites (tertiary alicyclic amines) is 1. The number of rotatable bonds is 5. The molecule has 1 heterocycles. The van der Waals surface area contributed by atoms with Crippen LogP contribution < -0.4 is 4.72 Å². The molecule has 1 amide bonds. The number of carbonyl (C=O) groups excluding carboxylic acids is 1. The number of anilines is 1. The van der Waals surface area contributed by atoms with Crippen LogP contribution >= 0.6 is 0 Å². The van der Waals surface area contributed by atoms with E-state index in [9.17, 15) is 23.3 Å². The molecule has 142 valence electrons. The van der Waals surface area contributed by atoms with Gasteiger partial charge in [-0.2, -0.15) is 0 Å². The van der Waals surface area contributed by atoms with Crippen molar-refractivity contribution < 1.29 is 18.1 Å². The summed E-state index contributed by atoms with van der Waals surface area (Å²) >= 11 is 0. The van der Waals surface area contributed by atoms with E-state index < -0.39 is 14.9 Å². The van der Waals surface area contributed by atoms with Crippen molar-refractivity contribution in [1.29, 1.82) is 0 Å². The second-order valence-electron chi connectivity index (χ2n) is 6.29. The lowest BCUT2D eigenvalue weighted by Gasteiger charge is -2.26. The molecule has 0 aliphatic carbocycles. The zero-order chi connectivity index (χ0) is 19.4. The van der Waals surface area contributed by atoms with Crippen LogP contribution in [0.4, 0.5) is 11.4 Å². The summed E-state index contributed by atoms with van der Waals surface area (Å²) in [6.45, 7) is 1.41. The van der Waals surface area contributed by atoms with E-state index in [1.54, 1.807) is 23.1 Å². The smallest absolute Gasteiger partial charge is 0.269 e. The van der Waals surface area contributed by atoms with Gasteiger partial charge in [0.05, 0.1) is 9.82 Å². The lowest BCUT2D eigenvalue weighted by atomic mass is 10.1. The van der Waals surface area contributed by atoms with Crippen LogP contribution in [-0.4, -0.2) is 37.2 Å². The van der Waals surface area contributed by atoms with Crippen molar-refractivity contribution in [1.82, 2.24) is 4.90 Å². The van der Waals surface area contributed by atoms with Gasteiger partial charge in [0.2, 0.25) is 0 Å². The summed E-state index contributed by atoms with van der Waals surface area (Å²) in [5.41, 5.74) is 0.486. The third-order valence-corrected chi connectivity index (χ3v) is 5.76. The predicted molar refractivity (Wildman–Crippen MR) is 100 cm³/mol. The van der Waals surface area contributed by atoms with Crippen LogP contribution in [0.15, 0.2) is 53.4 Å². The van der Waals surface area contributed by atoms with Crippen LogP contribution in [0.2, 0.25) is 0 Å². The monoisotopic (exact) mass is 389 g/mol. The molecule has 8 nitrogen and oxygen atoms in total. The Morgan fingerprint density at radius 3 is 2.33 bits per heavy atom. The molecule has 0 unspecified atom stereocenters. The molecule has 0 saturated carbocycles. The van der Waals surface area contributed by atoms with Gasteiger partial charge in [-0.15, -0.1) is 0 Å². The molecule has 0 atom stereocenters. The Kier molecular flexibility index (Phi) is 5.41. The topological polar surface area (TPSA) is 110 Å². The third-order valence-electron chi connectivity index (χ3n) is 4.36. The number of hydrogen-bond acceptors (Lipinski definition) is 5. The van der Waals surface area contributed by atoms with Crippen molar-refractivity contribution in [3.63, 3.8) is 0 Å². The SMILES string of the molecule is O=C(c1cccc(NS(=O)(=O)c2ccc([N+](=O)[O-])cc2)c1)N1CCCCC1. The Labute approximate surface area is 157 Å². The van der Waals surface area contributed by atoms with E-state index in [4.69, 9.17) is 0 Å². The molecule has 2 aromatic carbocycles. The zero-order valence-corrected chi connectivity index (χ0v) is 15.3. The number of amides is 1. The number of sulfonamides is 1. The summed E-state index contributed by atoms with van der Waals surface area (Å²) in [4.78, 5) is 24.3. The third kappa shape index (κ3) is 4.43. The van der Waals surface area contributed by atoms with Gasteiger partial charge < -0.3 is 4.90 Å². The Morgan fingerprint density at radius 1 is 1.04 bits per heavy atom. The van der Waals surface area contributed by atoms with Crippen molar-refractivity contribution in [2.75, 3.05) is 17.8 Å². The fourth-order valence-electron chi connectivity index (χ4n) is 2.96.